The molecule has 1 aliphatic rings. The van der Waals surface area contributed by atoms with Crippen molar-refractivity contribution in [2.75, 3.05) is 5.32 Å². The number of rotatable bonds is 3. The van der Waals surface area contributed by atoms with Gasteiger partial charge in [0.2, 0.25) is 0 Å². The molecule has 3 heteroatoms. The van der Waals surface area contributed by atoms with Crippen LogP contribution in [0.3, 0.4) is 0 Å². The fourth-order valence-electron chi connectivity index (χ4n) is 1.66. The summed E-state index contributed by atoms with van der Waals surface area (Å²) in [5, 5.41) is 12.2. The molecule has 0 radical (unpaired) electrons. The topological polar surface area (TPSA) is 35.8 Å². The Balaban J connectivity index is 2.11. The van der Waals surface area contributed by atoms with Crippen molar-refractivity contribution in [3.63, 3.8) is 0 Å². The van der Waals surface area contributed by atoms with Gasteiger partial charge in [0.25, 0.3) is 0 Å². The molecule has 15 heavy (non-hydrogen) atoms. The molecular formula is C12H13BrN2. The second kappa shape index (κ2) is 4.24. The van der Waals surface area contributed by atoms with E-state index in [0.717, 1.165) is 16.1 Å². The minimum absolute atomic E-state index is 0.522. The van der Waals surface area contributed by atoms with E-state index in [1.54, 1.807) is 0 Å². The van der Waals surface area contributed by atoms with E-state index in [1.165, 1.54) is 12.8 Å². The average molecular weight is 265 g/mol. The van der Waals surface area contributed by atoms with Crippen molar-refractivity contribution < 1.29 is 0 Å². The van der Waals surface area contributed by atoms with Crippen LogP contribution in [-0.2, 0) is 0 Å². The SMILES string of the molecule is C[C@@H](Nc1ccc(C#N)cc1Br)C1CC1. The molecule has 0 aromatic heterocycles. The maximum Gasteiger partial charge on any atom is 0.0992 e. The van der Waals surface area contributed by atoms with Gasteiger partial charge < -0.3 is 5.32 Å². The lowest BCUT2D eigenvalue weighted by atomic mass is 10.2. The summed E-state index contributed by atoms with van der Waals surface area (Å²) < 4.78 is 0.967. The molecule has 0 unspecified atom stereocenters. The molecule has 0 saturated heterocycles. The third-order valence-electron chi connectivity index (χ3n) is 2.81. The molecule has 1 aromatic rings. The quantitative estimate of drug-likeness (QED) is 0.907. The van der Waals surface area contributed by atoms with Gasteiger partial charge in [0.1, 0.15) is 0 Å². The Morgan fingerprint density at radius 1 is 1.53 bits per heavy atom. The highest BCUT2D eigenvalue weighted by molar-refractivity contribution is 9.10. The van der Waals surface area contributed by atoms with Crippen molar-refractivity contribution in [1.29, 1.82) is 5.26 Å². The molecule has 1 fully saturated rings. The highest BCUT2D eigenvalue weighted by Gasteiger charge is 2.27. The highest BCUT2D eigenvalue weighted by atomic mass is 79.9. The third kappa shape index (κ3) is 2.51. The first-order chi connectivity index (χ1) is 7.20. The van der Waals surface area contributed by atoms with E-state index in [-0.39, 0.29) is 0 Å². The highest BCUT2D eigenvalue weighted by Crippen LogP contribution is 2.35. The summed E-state index contributed by atoms with van der Waals surface area (Å²) in [6.07, 6.45) is 2.67. The van der Waals surface area contributed by atoms with Crippen LogP contribution in [0.5, 0.6) is 0 Å². The van der Waals surface area contributed by atoms with E-state index in [0.29, 0.717) is 11.6 Å². The largest absolute Gasteiger partial charge is 0.381 e. The maximum atomic E-state index is 8.74. The van der Waals surface area contributed by atoms with Crippen LogP contribution < -0.4 is 5.32 Å². The van der Waals surface area contributed by atoms with Gasteiger partial charge in [-0.1, -0.05) is 0 Å². The molecule has 1 N–H and O–H groups in total. The number of nitrogens with one attached hydrogen (secondary N) is 1. The maximum absolute atomic E-state index is 8.74. The van der Waals surface area contributed by atoms with Gasteiger partial charge >= 0.3 is 0 Å². The summed E-state index contributed by atoms with van der Waals surface area (Å²) in [6, 6.07) is 8.30. The van der Waals surface area contributed by atoms with Crippen LogP contribution in [0.25, 0.3) is 0 Å². The van der Waals surface area contributed by atoms with Crippen LogP contribution in [0.4, 0.5) is 5.69 Å². The Kier molecular flexibility index (Phi) is 2.97. The van der Waals surface area contributed by atoms with Gasteiger partial charge in [-0.2, -0.15) is 5.26 Å². The molecule has 0 spiro atoms. The molecule has 0 bridgehead atoms. The van der Waals surface area contributed by atoms with Crippen molar-refractivity contribution in [3.05, 3.63) is 28.2 Å². The zero-order valence-electron chi connectivity index (χ0n) is 8.63. The van der Waals surface area contributed by atoms with E-state index in [1.807, 2.05) is 18.2 Å². The normalized spacial score (nSPS) is 16.9. The molecule has 0 heterocycles. The first kappa shape index (κ1) is 10.5. The first-order valence-corrected chi connectivity index (χ1v) is 5.96. The molecular weight excluding hydrogens is 252 g/mol. The molecule has 0 aliphatic heterocycles. The zero-order valence-corrected chi connectivity index (χ0v) is 10.2. The third-order valence-corrected chi connectivity index (χ3v) is 3.47. The number of halogens is 1. The molecule has 2 rings (SSSR count). The minimum atomic E-state index is 0.522. The molecule has 1 saturated carbocycles. The van der Waals surface area contributed by atoms with Gasteiger partial charge in [0, 0.05) is 16.2 Å². The van der Waals surface area contributed by atoms with Crippen LogP contribution in [0, 0.1) is 17.2 Å². The summed E-state index contributed by atoms with van der Waals surface area (Å²) in [5.74, 6) is 0.826. The Morgan fingerprint density at radius 2 is 2.27 bits per heavy atom. The number of nitrogens with zero attached hydrogens (tertiary/aromatic N) is 1. The summed E-state index contributed by atoms with van der Waals surface area (Å²) in [6.45, 7) is 2.21. The molecule has 1 atom stereocenters. The van der Waals surface area contributed by atoms with E-state index in [2.05, 4.69) is 34.2 Å². The molecule has 2 nitrogen and oxygen atoms in total. The van der Waals surface area contributed by atoms with Crippen molar-refractivity contribution in [2.45, 2.75) is 25.8 Å². The van der Waals surface area contributed by atoms with Crippen LogP contribution in [0.2, 0.25) is 0 Å². The Morgan fingerprint density at radius 3 is 2.80 bits per heavy atom. The zero-order chi connectivity index (χ0) is 10.8. The smallest absolute Gasteiger partial charge is 0.0992 e. The summed E-state index contributed by atoms with van der Waals surface area (Å²) >= 11 is 3.47. The van der Waals surface area contributed by atoms with Crippen LogP contribution in [0.1, 0.15) is 25.3 Å². The van der Waals surface area contributed by atoms with Gasteiger partial charge in [-0.15, -0.1) is 0 Å². The van der Waals surface area contributed by atoms with Crippen molar-refractivity contribution in [1.82, 2.24) is 0 Å². The van der Waals surface area contributed by atoms with E-state index >= 15 is 0 Å². The lowest BCUT2D eigenvalue weighted by Gasteiger charge is -2.15. The van der Waals surface area contributed by atoms with Crippen molar-refractivity contribution in [3.8, 4) is 6.07 Å². The number of anilines is 1. The first-order valence-electron chi connectivity index (χ1n) is 5.17. The van der Waals surface area contributed by atoms with Crippen molar-refractivity contribution in [2.24, 2.45) is 5.92 Å². The number of benzene rings is 1. The monoisotopic (exact) mass is 264 g/mol. The van der Waals surface area contributed by atoms with Crippen molar-refractivity contribution >= 4 is 21.6 Å². The fraction of sp³-hybridized carbons (Fsp3) is 0.417. The summed E-state index contributed by atoms with van der Waals surface area (Å²) in [5.41, 5.74) is 1.76. The number of hydrogen-bond donors (Lipinski definition) is 1. The number of nitriles is 1. The van der Waals surface area contributed by atoms with Gasteiger partial charge in [0.05, 0.1) is 11.6 Å². The fourth-order valence-corrected chi connectivity index (χ4v) is 2.15. The minimum Gasteiger partial charge on any atom is -0.381 e. The standard InChI is InChI=1S/C12H13BrN2/c1-8(10-3-4-10)15-12-5-2-9(7-14)6-11(12)13/h2,5-6,8,10,15H,3-4H2,1H3/t8-/m1/s1. The molecule has 0 amide bonds. The lowest BCUT2D eigenvalue weighted by molar-refractivity contribution is 0.694. The lowest BCUT2D eigenvalue weighted by Crippen LogP contribution is -2.17. The second-order valence-corrected chi connectivity index (χ2v) is 4.93. The average Bonchev–Trinajstić information content (AvgIpc) is 3.04. The van der Waals surface area contributed by atoms with Gasteiger partial charge in [-0.3, -0.25) is 0 Å². The summed E-state index contributed by atoms with van der Waals surface area (Å²) in [4.78, 5) is 0. The molecule has 1 aliphatic carbocycles. The molecule has 1 aromatic carbocycles. The predicted molar refractivity (Wildman–Crippen MR) is 64.7 cm³/mol. The Hall–Kier alpha value is -1.01. The molecule has 78 valence electrons. The predicted octanol–water partition coefficient (Wildman–Crippen LogP) is 3.53. The van der Waals surface area contributed by atoms with Crippen LogP contribution >= 0.6 is 15.9 Å². The van der Waals surface area contributed by atoms with Gasteiger partial charge in [-0.05, 0) is 59.8 Å². The van der Waals surface area contributed by atoms with Gasteiger partial charge in [0.15, 0.2) is 0 Å². The van der Waals surface area contributed by atoms with E-state index < -0.39 is 0 Å². The number of hydrogen-bond acceptors (Lipinski definition) is 2. The Bertz CT molecular complexity index is 405. The van der Waals surface area contributed by atoms with Gasteiger partial charge in [-0.25, -0.2) is 0 Å². The second-order valence-electron chi connectivity index (χ2n) is 4.08. The Labute approximate surface area is 98.4 Å². The van der Waals surface area contributed by atoms with E-state index in [4.69, 9.17) is 5.26 Å². The van der Waals surface area contributed by atoms with Crippen LogP contribution in [0.15, 0.2) is 22.7 Å². The van der Waals surface area contributed by atoms with E-state index in [9.17, 15) is 0 Å². The van der Waals surface area contributed by atoms with Crippen LogP contribution in [-0.4, -0.2) is 6.04 Å². The summed E-state index contributed by atoms with van der Waals surface area (Å²) in [7, 11) is 0.